The molecule has 0 aromatic heterocycles. The maximum Gasteiger partial charge on any atom is 1.00 e. The van der Waals surface area contributed by atoms with Crippen molar-refractivity contribution in [2.24, 2.45) is 0 Å². The third kappa shape index (κ3) is 4.44. The predicted octanol–water partition coefficient (Wildman–Crippen LogP) is -2.19. The van der Waals surface area contributed by atoms with E-state index in [0.717, 1.165) is 6.92 Å². The summed E-state index contributed by atoms with van der Waals surface area (Å²) in [7, 11) is -4.55. The normalized spacial score (nSPS) is 12.7. The molecule has 0 saturated heterocycles. The van der Waals surface area contributed by atoms with Crippen LogP contribution in [0.25, 0.3) is 0 Å². The van der Waals surface area contributed by atoms with E-state index in [4.69, 9.17) is 0 Å². The van der Waals surface area contributed by atoms with Crippen molar-refractivity contribution >= 4 is 15.9 Å². The van der Waals surface area contributed by atoms with E-state index in [1.807, 2.05) is 0 Å². The minimum atomic E-state index is -4.55. The molecule has 0 N–H and O–H groups in total. The summed E-state index contributed by atoms with van der Waals surface area (Å²) in [5, 5.41) is -1.52. The van der Waals surface area contributed by atoms with Crippen molar-refractivity contribution in [3.63, 3.8) is 0 Å². The molecular weight excluding hydrogens is 243 g/mol. The van der Waals surface area contributed by atoms with Crippen molar-refractivity contribution in [3.8, 4) is 0 Å². The van der Waals surface area contributed by atoms with E-state index in [2.05, 4.69) is 0 Å². The van der Waals surface area contributed by atoms with Gasteiger partial charge in [0.05, 0.1) is 0 Å². The van der Waals surface area contributed by atoms with Gasteiger partial charge in [0.2, 0.25) is 0 Å². The third-order valence-corrected chi connectivity index (χ3v) is 2.94. The van der Waals surface area contributed by atoms with Gasteiger partial charge in [0.25, 0.3) is 0 Å². The number of carbonyl (C=O) groups excluding carboxylic acids is 1. The van der Waals surface area contributed by atoms with E-state index < -0.39 is 21.2 Å². The standard InChI is InChI=1S/C9H10O4S.K/c1-7(14(11,12)13)9(10)8-5-3-2-4-6-8;/h2-7H,1H3,(H,11,12,13);/q;+1/p-1. The van der Waals surface area contributed by atoms with Crippen LogP contribution in [0.3, 0.4) is 0 Å². The number of hydrogen-bond donors (Lipinski definition) is 0. The van der Waals surface area contributed by atoms with Gasteiger partial charge in [-0.25, -0.2) is 8.42 Å². The molecule has 0 fully saturated rings. The van der Waals surface area contributed by atoms with Gasteiger partial charge in [-0.1, -0.05) is 30.3 Å². The molecule has 0 bridgehead atoms. The molecule has 1 aromatic rings. The Morgan fingerprint density at radius 1 is 1.27 bits per heavy atom. The first kappa shape index (κ1) is 15.4. The van der Waals surface area contributed by atoms with Crippen molar-refractivity contribution < 1.29 is 69.1 Å². The van der Waals surface area contributed by atoms with Crippen molar-refractivity contribution in [1.82, 2.24) is 0 Å². The van der Waals surface area contributed by atoms with Gasteiger partial charge in [0.1, 0.15) is 15.4 Å². The minimum Gasteiger partial charge on any atom is -0.747 e. The third-order valence-electron chi connectivity index (χ3n) is 1.86. The number of carbonyl (C=O) groups is 1. The fourth-order valence-corrected chi connectivity index (χ4v) is 1.37. The van der Waals surface area contributed by atoms with E-state index in [-0.39, 0.29) is 56.9 Å². The molecule has 15 heavy (non-hydrogen) atoms. The fraction of sp³-hybridized carbons (Fsp3) is 0.222. The molecule has 0 radical (unpaired) electrons. The number of rotatable bonds is 3. The quantitative estimate of drug-likeness (QED) is 0.348. The van der Waals surface area contributed by atoms with Gasteiger partial charge in [0, 0.05) is 5.56 Å². The summed E-state index contributed by atoms with van der Waals surface area (Å²) in [4.78, 5) is 11.4. The second-order valence-corrected chi connectivity index (χ2v) is 4.56. The summed E-state index contributed by atoms with van der Waals surface area (Å²) in [5.74, 6) is -0.666. The van der Waals surface area contributed by atoms with Gasteiger partial charge in [-0.15, -0.1) is 0 Å². The zero-order valence-corrected chi connectivity index (χ0v) is 12.4. The van der Waals surface area contributed by atoms with Crippen LogP contribution >= 0.6 is 0 Å². The first-order chi connectivity index (χ1) is 6.43. The van der Waals surface area contributed by atoms with Crippen LogP contribution < -0.4 is 51.4 Å². The molecule has 6 heteroatoms. The van der Waals surface area contributed by atoms with Crippen LogP contribution in [-0.4, -0.2) is 24.0 Å². The molecule has 0 amide bonds. The van der Waals surface area contributed by atoms with Crippen LogP contribution in [-0.2, 0) is 10.1 Å². The second kappa shape index (κ2) is 6.24. The molecule has 1 rings (SSSR count). The summed E-state index contributed by atoms with van der Waals surface area (Å²) in [5.41, 5.74) is 0.236. The summed E-state index contributed by atoms with van der Waals surface area (Å²) < 4.78 is 31.7. The summed E-state index contributed by atoms with van der Waals surface area (Å²) in [6.45, 7) is 1.09. The van der Waals surface area contributed by atoms with E-state index >= 15 is 0 Å². The van der Waals surface area contributed by atoms with Crippen molar-refractivity contribution in [3.05, 3.63) is 35.9 Å². The Morgan fingerprint density at radius 3 is 2.13 bits per heavy atom. The fourth-order valence-electron chi connectivity index (χ4n) is 0.968. The van der Waals surface area contributed by atoms with Crippen molar-refractivity contribution in [2.45, 2.75) is 12.2 Å². The molecule has 0 saturated carbocycles. The predicted molar refractivity (Wildman–Crippen MR) is 49.9 cm³/mol. The Bertz CT molecular complexity index is 427. The smallest absolute Gasteiger partial charge is 0.747 e. The molecule has 0 aliphatic rings. The molecule has 0 spiro atoms. The van der Waals surface area contributed by atoms with Gasteiger partial charge in [-0.05, 0) is 6.92 Å². The van der Waals surface area contributed by atoms with Gasteiger partial charge in [-0.2, -0.15) is 0 Å². The Kier molecular flexibility index (Phi) is 6.42. The molecular formula is C9H9KO4S. The van der Waals surface area contributed by atoms with Crippen LogP contribution in [0, 0.1) is 0 Å². The van der Waals surface area contributed by atoms with E-state index in [0.29, 0.717) is 0 Å². The zero-order chi connectivity index (χ0) is 10.8. The SMILES string of the molecule is CC(C(=O)c1ccccc1)S(=O)(=O)[O-].[K+]. The molecule has 1 unspecified atom stereocenters. The van der Waals surface area contributed by atoms with Gasteiger partial charge < -0.3 is 4.55 Å². The summed E-state index contributed by atoms with van der Waals surface area (Å²) in [6.07, 6.45) is 0. The van der Waals surface area contributed by atoms with Crippen molar-refractivity contribution in [1.29, 1.82) is 0 Å². The largest absolute Gasteiger partial charge is 1.00 e. The average molecular weight is 252 g/mol. The van der Waals surface area contributed by atoms with E-state index in [9.17, 15) is 17.8 Å². The second-order valence-electron chi connectivity index (χ2n) is 2.87. The molecule has 0 aliphatic heterocycles. The maximum absolute atomic E-state index is 11.4. The Morgan fingerprint density at radius 2 is 1.73 bits per heavy atom. The number of benzene rings is 1. The average Bonchev–Trinajstić information content (AvgIpc) is 2.15. The summed E-state index contributed by atoms with van der Waals surface area (Å²) in [6, 6.07) is 7.87. The van der Waals surface area contributed by atoms with Gasteiger partial charge in [0.15, 0.2) is 5.78 Å². The monoisotopic (exact) mass is 252 g/mol. The Balaban J connectivity index is 0.00000196. The zero-order valence-electron chi connectivity index (χ0n) is 8.51. The van der Waals surface area contributed by atoms with Crippen LogP contribution in [0.1, 0.15) is 17.3 Å². The molecule has 1 aromatic carbocycles. The van der Waals surface area contributed by atoms with E-state index in [1.165, 1.54) is 12.1 Å². The molecule has 0 heterocycles. The Labute approximate surface area is 131 Å². The van der Waals surface area contributed by atoms with Crippen molar-refractivity contribution in [2.75, 3.05) is 0 Å². The number of Topliss-reactive ketones (excluding diaryl/α,β-unsaturated/α-hetero) is 1. The van der Waals surface area contributed by atoms with Crippen LogP contribution in [0.5, 0.6) is 0 Å². The van der Waals surface area contributed by atoms with Crippen LogP contribution in [0.2, 0.25) is 0 Å². The molecule has 4 nitrogen and oxygen atoms in total. The topological polar surface area (TPSA) is 74.3 Å². The molecule has 76 valence electrons. The van der Waals surface area contributed by atoms with E-state index in [1.54, 1.807) is 18.2 Å². The molecule has 0 aliphatic carbocycles. The molecule has 1 atom stereocenters. The van der Waals surface area contributed by atoms with Gasteiger partial charge in [-0.3, -0.25) is 4.79 Å². The van der Waals surface area contributed by atoms with Gasteiger partial charge >= 0.3 is 51.4 Å². The number of hydrogen-bond acceptors (Lipinski definition) is 4. The van der Waals surface area contributed by atoms with Crippen LogP contribution in [0.4, 0.5) is 0 Å². The minimum absolute atomic E-state index is 0. The summed E-state index contributed by atoms with van der Waals surface area (Å²) >= 11 is 0. The maximum atomic E-state index is 11.4. The Hall–Kier alpha value is 0.436. The first-order valence-electron chi connectivity index (χ1n) is 3.97. The van der Waals surface area contributed by atoms with Crippen LogP contribution in [0.15, 0.2) is 30.3 Å². The number of ketones is 1. The first-order valence-corrected chi connectivity index (χ1v) is 5.44.